The molecule has 2 aliphatic rings. The van der Waals surface area contributed by atoms with Crippen molar-refractivity contribution in [3.63, 3.8) is 0 Å². The van der Waals surface area contributed by atoms with Crippen LogP contribution >= 0.6 is 23.2 Å². The normalized spacial score (nSPS) is 19.3. The smallest absolute Gasteiger partial charge is 0.388 e. The van der Waals surface area contributed by atoms with Gasteiger partial charge in [-0.2, -0.15) is 13.2 Å². The summed E-state index contributed by atoms with van der Waals surface area (Å²) in [4.78, 5) is 32.3. The highest BCUT2D eigenvalue weighted by atomic mass is 35.5. The van der Waals surface area contributed by atoms with Crippen LogP contribution in [0.15, 0.2) is 65.7 Å². The van der Waals surface area contributed by atoms with Crippen LogP contribution in [0.2, 0.25) is 10.2 Å². The van der Waals surface area contributed by atoms with Crippen LogP contribution in [0.5, 0.6) is 0 Å². The summed E-state index contributed by atoms with van der Waals surface area (Å²) in [6.07, 6.45) is -3.80. The first-order chi connectivity index (χ1) is 21.9. The van der Waals surface area contributed by atoms with E-state index in [-0.39, 0.29) is 54.6 Å². The molecule has 0 aliphatic carbocycles. The molecule has 0 bridgehead atoms. The number of fused-ring (bicyclic) bond motifs is 1. The molecule has 0 saturated carbocycles. The molecule has 1 amide bonds. The lowest BCUT2D eigenvalue weighted by Crippen LogP contribution is -2.50. The number of benzene rings is 2. The molecule has 2 aliphatic heterocycles. The number of rotatable bonds is 7. The molecule has 244 valence electrons. The molecule has 46 heavy (non-hydrogen) atoms. The number of amides is 1. The van der Waals surface area contributed by atoms with Gasteiger partial charge in [-0.15, -0.1) is 0 Å². The standard InChI is InChI=1S/C32H32Cl2F3N5O4/c33-25-14-21(6-7-22(25)26-17-46-13-10-38-26)42-27(34)15-23-29(42)39-19-41(30(23)44)18-31(45)8-11-40(12-9-31)28(43)16-24(32(35,36)37)20-4-2-1-3-5-20/h1-7,14-15,19,24,26,38,45H,8-13,16-18H2. The molecule has 2 N–H and O–H groups in total. The maximum absolute atomic E-state index is 13.8. The maximum Gasteiger partial charge on any atom is 0.396 e. The number of hydrogen-bond acceptors (Lipinski definition) is 6. The summed E-state index contributed by atoms with van der Waals surface area (Å²) in [5.41, 5.74) is 0.0565. The van der Waals surface area contributed by atoms with E-state index >= 15 is 0 Å². The van der Waals surface area contributed by atoms with E-state index in [4.69, 9.17) is 27.9 Å². The van der Waals surface area contributed by atoms with E-state index in [2.05, 4.69) is 10.3 Å². The van der Waals surface area contributed by atoms with Crippen molar-refractivity contribution in [2.24, 2.45) is 0 Å². The zero-order valence-corrected chi connectivity index (χ0v) is 26.2. The summed E-state index contributed by atoms with van der Waals surface area (Å²) in [6.45, 7) is 1.86. The van der Waals surface area contributed by atoms with Crippen LogP contribution in [0.3, 0.4) is 0 Å². The summed E-state index contributed by atoms with van der Waals surface area (Å²) in [7, 11) is 0. The number of hydrogen-bond donors (Lipinski definition) is 2. The van der Waals surface area contributed by atoms with Crippen LogP contribution in [0, 0.1) is 0 Å². The number of halogens is 5. The minimum atomic E-state index is -4.58. The Morgan fingerprint density at radius 1 is 1.13 bits per heavy atom. The number of nitrogens with zero attached hydrogens (tertiary/aromatic N) is 4. The van der Waals surface area contributed by atoms with Gasteiger partial charge in [0.05, 0.1) is 42.7 Å². The fourth-order valence-corrected chi connectivity index (χ4v) is 6.80. The lowest BCUT2D eigenvalue weighted by Gasteiger charge is -2.39. The van der Waals surface area contributed by atoms with Crippen molar-refractivity contribution < 1.29 is 27.8 Å². The second-order valence-corrected chi connectivity index (χ2v) is 12.6. The highest BCUT2D eigenvalue weighted by Crippen LogP contribution is 2.38. The first kappa shape index (κ1) is 32.5. The quantitative estimate of drug-likeness (QED) is 0.277. The van der Waals surface area contributed by atoms with Crippen LogP contribution in [0.1, 0.15) is 42.3 Å². The Bertz CT molecular complexity index is 1780. The van der Waals surface area contributed by atoms with Crippen LogP contribution in [-0.4, -0.2) is 74.7 Å². The van der Waals surface area contributed by atoms with Gasteiger partial charge < -0.3 is 20.1 Å². The number of aromatic nitrogens is 3. The van der Waals surface area contributed by atoms with Crippen molar-refractivity contribution in [1.82, 2.24) is 24.3 Å². The average molecular weight is 679 g/mol. The van der Waals surface area contributed by atoms with Crippen molar-refractivity contribution in [3.05, 3.63) is 92.6 Å². The van der Waals surface area contributed by atoms with Gasteiger partial charge in [0.15, 0.2) is 5.65 Å². The number of likely N-dealkylation sites (tertiary alicyclic amines) is 1. The largest absolute Gasteiger partial charge is 0.396 e. The van der Waals surface area contributed by atoms with Crippen LogP contribution in [0.25, 0.3) is 16.7 Å². The molecule has 0 spiro atoms. The highest BCUT2D eigenvalue weighted by Gasteiger charge is 2.43. The predicted molar refractivity (Wildman–Crippen MR) is 168 cm³/mol. The Hall–Kier alpha value is -3.42. The average Bonchev–Trinajstić information content (AvgIpc) is 3.38. The summed E-state index contributed by atoms with van der Waals surface area (Å²) < 4.78 is 49.9. The van der Waals surface area contributed by atoms with E-state index in [0.717, 1.165) is 12.1 Å². The Labute approximate surface area is 272 Å². The van der Waals surface area contributed by atoms with Crippen molar-refractivity contribution in [2.75, 3.05) is 32.8 Å². The van der Waals surface area contributed by atoms with E-state index in [9.17, 15) is 27.9 Å². The molecule has 9 nitrogen and oxygen atoms in total. The van der Waals surface area contributed by atoms with Crippen LogP contribution in [0.4, 0.5) is 13.2 Å². The van der Waals surface area contributed by atoms with Gasteiger partial charge in [-0.1, -0.05) is 59.6 Å². The first-order valence-electron chi connectivity index (χ1n) is 14.9. The van der Waals surface area contributed by atoms with Crippen molar-refractivity contribution in [1.29, 1.82) is 0 Å². The third-order valence-corrected chi connectivity index (χ3v) is 9.37. The van der Waals surface area contributed by atoms with Gasteiger partial charge in [0.25, 0.3) is 5.56 Å². The molecule has 2 aromatic heterocycles. The fraction of sp³-hybridized carbons (Fsp3) is 0.406. The van der Waals surface area contributed by atoms with Gasteiger partial charge >= 0.3 is 6.18 Å². The SMILES string of the molecule is O=C(CC(c1ccccc1)C(F)(F)F)N1CCC(O)(Cn2cnc3c(cc(Cl)n3-c3ccc(C4COCCN4)c(Cl)c3)c2=O)CC1. The molecule has 2 unspecified atom stereocenters. The third-order valence-electron chi connectivity index (χ3n) is 8.77. The maximum atomic E-state index is 13.8. The predicted octanol–water partition coefficient (Wildman–Crippen LogP) is 5.24. The second-order valence-electron chi connectivity index (χ2n) is 11.8. The molecule has 14 heteroatoms. The molecule has 0 radical (unpaired) electrons. The minimum absolute atomic E-state index is 0.0278. The van der Waals surface area contributed by atoms with Crippen molar-refractivity contribution >= 4 is 40.1 Å². The van der Waals surface area contributed by atoms with E-state index in [0.29, 0.717) is 29.6 Å². The number of ether oxygens (including phenoxy) is 1. The molecule has 4 aromatic rings. The molecular weight excluding hydrogens is 646 g/mol. The van der Waals surface area contributed by atoms with Gasteiger partial charge in [-0.05, 0) is 42.2 Å². The van der Waals surface area contributed by atoms with E-state index in [1.165, 1.54) is 46.1 Å². The number of nitrogens with one attached hydrogen (secondary N) is 1. The molecular formula is C32H32Cl2F3N5O4. The number of carbonyl (C=O) groups excluding carboxylic acids is 1. The number of aliphatic hydroxyl groups is 1. The van der Waals surface area contributed by atoms with E-state index in [1.54, 1.807) is 16.7 Å². The topological polar surface area (TPSA) is 102 Å². The second kappa shape index (κ2) is 13.0. The molecule has 2 atom stereocenters. The highest BCUT2D eigenvalue weighted by molar-refractivity contribution is 6.32. The number of carbonyl (C=O) groups is 1. The zero-order chi connectivity index (χ0) is 32.6. The monoisotopic (exact) mass is 677 g/mol. The summed E-state index contributed by atoms with van der Waals surface area (Å²) in [5, 5.41) is 15.7. The Morgan fingerprint density at radius 3 is 2.52 bits per heavy atom. The van der Waals surface area contributed by atoms with E-state index in [1.807, 2.05) is 12.1 Å². The molecule has 4 heterocycles. The molecule has 2 aromatic carbocycles. The van der Waals surface area contributed by atoms with Gasteiger partial charge in [0, 0.05) is 36.8 Å². The lowest BCUT2D eigenvalue weighted by molar-refractivity contribution is -0.162. The zero-order valence-electron chi connectivity index (χ0n) is 24.6. The van der Waals surface area contributed by atoms with Crippen LogP contribution < -0.4 is 10.9 Å². The molecule has 6 rings (SSSR count). The lowest BCUT2D eigenvalue weighted by atomic mass is 9.89. The Kier molecular flexibility index (Phi) is 9.19. The minimum Gasteiger partial charge on any atom is -0.388 e. The Balaban J connectivity index is 1.15. The summed E-state index contributed by atoms with van der Waals surface area (Å²) in [5.74, 6) is -2.56. The third kappa shape index (κ3) is 6.68. The van der Waals surface area contributed by atoms with Crippen molar-refractivity contribution in [3.8, 4) is 5.69 Å². The summed E-state index contributed by atoms with van der Waals surface area (Å²) in [6, 6.07) is 14.3. The van der Waals surface area contributed by atoms with Gasteiger partial charge in [0.2, 0.25) is 5.91 Å². The van der Waals surface area contributed by atoms with E-state index < -0.39 is 35.6 Å². The first-order valence-corrected chi connectivity index (χ1v) is 15.7. The summed E-state index contributed by atoms with van der Waals surface area (Å²) >= 11 is 13.2. The Morgan fingerprint density at radius 2 is 1.87 bits per heavy atom. The van der Waals surface area contributed by atoms with Gasteiger partial charge in [0.1, 0.15) is 11.5 Å². The van der Waals surface area contributed by atoms with Gasteiger partial charge in [-0.25, -0.2) is 4.98 Å². The van der Waals surface area contributed by atoms with Crippen LogP contribution in [-0.2, 0) is 16.1 Å². The fourth-order valence-electron chi connectivity index (χ4n) is 6.21. The molecule has 2 saturated heterocycles. The number of piperidine rings is 1. The number of alkyl halides is 3. The number of morpholine rings is 1. The van der Waals surface area contributed by atoms with Gasteiger partial charge in [-0.3, -0.25) is 18.7 Å². The van der Waals surface area contributed by atoms with Crippen molar-refractivity contribution in [2.45, 2.75) is 49.5 Å². The molecule has 2 fully saturated rings.